The monoisotopic (exact) mass is 408 g/mol. The largest absolute Gasteiger partial charge is 0.376 e. The molecular formula is C13H25ClN8O3S. The van der Waals surface area contributed by atoms with Crippen LogP contribution in [0.3, 0.4) is 0 Å². The second-order valence-corrected chi connectivity index (χ2v) is 6.03. The third-order valence-electron chi connectivity index (χ3n) is 3.56. The van der Waals surface area contributed by atoms with Gasteiger partial charge >= 0.3 is 6.03 Å². The lowest BCUT2D eigenvalue weighted by Crippen LogP contribution is -2.58. The summed E-state index contributed by atoms with van der Waals surface area (Å²) in [6, 6.07) is -1.95. The van der Waals surface area contributed by atoms with Crippen LogP contribution in [0.15, 0.2) is 4.99 Å². The number of halogens is 1. The van der Waals surface area contributed by atoms with Crippen LogP contribution in [0.5, 0.6) is 0 Å². The molecule has 26 heavy (non-hydrogen) atoms. The molecule has 0 aromatic carbocycles. The summed E-state index contributed by atoms with van der Waals surface area (Å²) in [6.45, 7) is 0.610. The fraction of sp³-hybridized carbons (Fsp3) is 0.615. The molecule has 0 aliphatic carbocycles. The summed E-state index contributed by atoms with van der Waals surface area (Å²) in [4.78, 5) is 40.3. The van der Waals surface area contributed by atoms with Crippen LogP contribution in [-0.4, -0.2) is 66.0 Å². The van der Waals surface area contributed by atoms with Crippen LogP contribution < -0.4 is 33.2 Å². The second-order valence-electron chi connectivity index (χ2n) is 5.59. The van der Waals surface area contributed by atoms with Gasteiger partial charge in [-0.25, -0.2) is 9.79 Å². The summed E-state index contributed by atoms with van der Waals surface area (Å²) >= 11 is 4.69. The fourth-order valence-electron chi connectivity index (χ4n) is 2.21. The number of nitrogens with two attached hydrogens (primary N) is 3. The van der Waals surface area contributed by atoms with Gasteiger partial charge in [-0.3, -0.25) is 20.2 Å². The molecule has 1 aliphatic rings. The Morgan fingerprint density at radius 2 is 2.12 bits per heavy atom. The highest BCUT2D eigenvalue weighted by atomic mass is 35.5. The molecule has 2 atom stereocenters. The van der Waals surface area contributed by atoms with Crippen molar-refractivity contribution >= 4 is 53.5 Å². The minimum atomic E-state index is -0.835. The number of aliphatic imine (C=N–C) groups is 1. The van der Waals surface area contributed by atoms with Crippen LogP contribution >= 0.6 is 24.6 Å². The van der Waals surface area contributed by atoms with Crippen molar-refractivity contribution in [1.82, 2.24) is 20.9 Å². The van der Waals surface area contributed by atoms with E-state index < -0.39 is 18.0 Å². The van der Waals surface area contributed by atoms with E-state index in [1.165, 1.54) is 11.9 Å². The van der Waals surface area contributed by atoms with Crippen LogP contribution in [0.2, 0.25) is 0 Å². The number of thiocarbonyl (C=S) groups is 1. The molecule has 1 aliphatic heterocycles. The number of carbonyl (C=O) groups is 3. The zero-order chi connectivity index (χ0) is 19.0. The van der Waals surface area contributed by atoms with Gasteiger partial charge < -0.3 is 27.4 Å². The Morgan fingerprint density at radius 3 is 2.65 bits per heavy atom. The van der Waals surface area contributed by atoms with Crippen molar-refractivity contribution < 1.29 is 14.4 Å². The Labute approximate surface area is 162 Å². The summed E-state index contributed by atoms with van der Waals surface area (Å²) in [5, 5.41) is 7.58. The first kappa shape index (κ1) is 23.8. The average molecular weight is 409 g/mol. The minimum absolute atomic E-state index is 0. The number of likely N-dealkylation sites (N-methyl/N-ethyl adjacent to an activating group) is 1. The van der Waals surface area contributed by atoms with Gasteiger partial charge in [-0.2, -0.15) is 0 Å². The summed E-state index contributed by atoms with van der Waals surface area (Å²) in [5.74, 6) is -0.753. The quantitative estimate of drug-likeness (QED) is 0.202. The lowest BCUT2D eigenvalue weighted by molar-refractivity contribution is -0.138. The number of hydrogen-bond acceptors (Lipinski definition) is 6. The number of primary amides is 1. The third-order valence-corrected chi connectivity index (χ3v) is 3.70. The number of nitrogens with one attached hydrogen (secondary N) is 3. The predicted octanol–water partition coefficient (Wildman–Crippen LogP) is -2.28. The smallest absolute Gasteiger partial charge is 0.318 e. The van der Waals surface area contributed by atoms with Gasteiger partial charge in [0, 0.05) is 26.1 Å². The lowest BCUT2D eigenvalue weighted by Gasteiger charge is -2.30. The Morgan fingerprint density at radius 1 is 1.46 bits per heavy atom. The molecule has 11 nitrogen and oxygen atoms in total. The Bertz CT molecular complexity index is 574. The molecule has 0 saturated heterocycles. The standard InChI is InChI=1S/C13H24N8O3S.ClH/c1-21(8-6-18-13(19-10(8)23)20-11(15)24)9(22)5-7(14)3-2-4-17-12(16)25;/h7-8H,2-6,14H2,1H3,(H3,16,17,25)(H4,15,18,19,20,23,24);1H/t7-,8?;/m0./s1. The van der Waals surface area contributed by atoms with Crippen LogP contribution in [0, 0.1) is 0 Å². The molecule has 1 heterocycles. The molecule has 0 fully saturated rings. The molecule has 0 spiro atoms. The van der Waals surface area contributed by atoms with Gasteiger partial charge in [0.05, 0.1) is 6.54 Å². The minimum Gasteiger partial charge on any atom is -0.376 e. The average Bonchev–Trinajstić information content (AvgIpc) is 2.50. The Kier molecular flexibility index (Phi) is 10.5. The molecule has 1 rings (SSSR count). The van der Waals surface area contributed by atoms with Gasteiger partial charge in [0.2, 0.25) is 11.9 Å². The van der Waals surface area contributed by atoms with Gasteiger partial charge in [-0.1, -0.05) is 0 Å². The van der Waals surface area contributed by atoms with Crippen LogP contribution in [0.1, 0.15) is 19.3 Å². The number of rotatable bonds is 7. The summed E-state index contributed by atoms with van der Waals surface area (Å²) < 4.78 is 0. The van der Waals surface area contributed by atoms with Crippen molar-refractivity contribution in [2.75, 3.05) is 20.1 Å². The maximum Gasteiger partial charge on any atom is 0.318 e. The van der Waals surface area contributed by atoms with Crippen molar-refractivity contribution in [3.05, 3.63) is 0 Å². The van der Waals surface area contributed by atoms with Crippen molar-refractivity contribution in [1.29, 1.82) is 0 Å². The number of carbonyl (C=O) groups excluding carboxylic acids is 3. The molecule has 1 unspecified atom stereocenters. The maximum absolute atomic E-state index is 12.3. The third kappa shape index (κ3) is 8.27. The van der Waals surface area contributed by atoms with E-state index in [0.717, 1.165) is 0 Å². The van der Waals surface area contributed by atoms with Gasteiger partial charge in [0.1, 0.15) is 6.04 Å². The zero-order valence-corrected chi connectivity index (χ0v) is 16.0. The lowest BCUT2D eigenvalue weighted by atomic mass is 10.1. The van der Waals surface area contributed by atoms with E-state index in [4.69, 9.17) is 17.2 Å². The molecule has 0 bridgehead atoms. The number of hydrogen-bond donors (Lipinski definition) is 6. The van der Waals surface area contributed by atoms with Gasteiger partial charge in [0.25, 0.3) is 5.91 Å². The first-order valence-electron chi connectivity index (χ1n) is 7.67. The highest BCUT2D eigenvalue weighted by molar-refractivity contribution is 7.80. The highest BCUT2D eigenvalue weighted by Crippen LogP contribution is 2.07. The molecule has 0 saturated carbocycles. The molecule has 4 amide bonds. The number of guanidine groups is 1. The maximum atomic E-state index is 12.3. The van der Waals surface area contributed by atoms with Crippen LogP contribution in [-0.2, 0) is 9.59 Å². The molecule has 0 aromatic heterocycles. The van der Waals surface area contributed by atoms with Gasteiger partial charge in [0.15, 0.2) is 5.11 Å². The SMILES string of the molecule is CN(C(=O)C[C@@H](N)CCCNC(N)=S)C1CN=C(NC(N)=O)NC1=O.Cl. The van der Waals surface area contributed by atoms with E-state index in [0.29, 0.717) is 19.4 Å². The number of urea groups is 1. The molecular weight excluding hydrogens is 384 g/mol. The summed E-state index contributed by atoms with van der Waals surface area (Å²) in [6.07, 6.45) is 1.42. The van der Waals surface area contributed by atoms with Gasteiger partial charge in [-0.05, 0) is 25.1 Å². The van der Waals surface area contributed by atoms with Crippen LogP contribution in [0.4, 0.5) is 4.79 Å². The summed E-state index contributed by atoms with van der Waals surface area (Å²) in [7, 11) is 1.51. The Balaban J connectivity index is 0.00000625. The van der Waals surface area contributed by atoms with E-state index >= 15 is 0 Å². The number of nitrogens with zero attached hydrogens (tertiary/aromatic N) is 2. The summed E-state index contributed by atoms with van der Waals surface area (Å²) in [5.41, 5.74) is 16.2. The van der Waals surface area contributed by atoms with Crippen molar-refractivity contribution in [3.8, 4) is 0 Å². The van der Waals surface area contributed by atoms with Crippen molar-refractivity contribution in [2.24, 2.45) is 22.2 Å². The fourth-order valence-corrected chi connectivity index (χ4v) is 2.31. The highest BCUT2D eigenvalue weighted by Gasteiger charge is 2.31. The molecule has 0 aromatic rings. The van der Waals surface area contributed by atoms with E-state index in [9.17, 15) is 14.4 Å². The molecule has 9 N–H and O–H groups in total. The topological polar surface area (TPSA) is 181 Å². The molecule has 0 radical (unpaired) electrons. The van der Waals surface area contributed by atoms with E-state index in [-0.39, 0.29) is 48.4 Å². The first-order chi connectivity index (χ1) is 11.7. The normalized spacial score (nSPS) is 17.1. The van der Waals surface area contributed by atoms with Gasteiger partial charge in [-0.15, -0.1) is 12.4 Å². The first-order valence-corrected chi connectivity index (χ1v) is 8.07. The van der Waals surface area contributed by atoms with E-state index in [1.54, 1.807) is 0 Å². The zero-order valence-electron chi connectivity index (χ0n) is 14.4. The number of amides is 4. The predicted molar refractivity (Wildman–Crippen MR) is 104 cm³/mol. The molecule has 148 valence electrons. The van der Waals surface area contributed by atoms with Crippen molar-refractivity contribution in [3.63, 3.8) is 0 Å². The second kappa shape index (κ2) is 11.4. The van der Waals surface area contributed by atoms with Crippen molar-refractivity contribution in [2.45, 2.75) is 31.3 Å². The molecule has 13 heteroatoms. The Hall–Kier alpha value is -2.18. The van der Waals surface area contributed by atoms with Crippen LogP contribution in [0.25, 0.3) is 0 Å². The van der Waals surface area contributed by atoms with E-state index in [1.807, 2.05) is 0 Å². The van der Waals surface area contributed by atoms with E-state index in [2.05, 4.69) is 33.2 Å².